The fourth-order valence-corrected chi connectivity index (χ4v) is 0.687. The van der Waals surface area contributed by atoms with Crippen molar-refractivity contribution in [3.63, 3.8) is 0 Å². The molecule has 0 aliphatic heterocycles. The van der Waals surface area contributed by atoms with Crippen LogP contribution >= 0.6 is 0 Å². The molecule has 3 heteroatoms. The number of hydrogen-bond donors (Lipinski definition) is 1. The second-order valence-corrected chi connectivity index (χ2v) is 1.86. The zero-order valence-electron chi connectivity index (χ0n) is 5.59. The average Bonchev–Trinajstić information content (AvgIpc) is 1.95. The second-order valence-electron chi connectivity index (χ2n) is 1.86. The third-order valence-corrected chi connectivity index (χ3v) is 1.22. The van der Waals surface area contributed by atoms with Crippen molar-refractivity contribution in [3.8, 4) is 11.5 Å². The van der Waals surface area contributed by atoms with Gasteiger partial charge in [0.1, 0.15) is 0 Å². The van der Waals surface area contributed by atoms with Crippen molar-refractivity contribution in [1.29, 1.82) is 0 Å². The molecule has 1 radical (unpaired) electrons. The van der Waals surface area contributed by atoms with Crippen LogP contribution in [-0.4, -0.2) is 12.2 Å². The van der Waals surface area contributed by atoms with Gasteiger partial charge in [-0.05, 0) is 12.1 Å². The molecule has 0 bridgehead atoms. The molecule has 1 aromatic carbocycles. The summed E-state index contributed by atoms with van der Waals surface area (Å²) in [7, 11) is 1.45. The lowest BCUT2D eigenvalue weighted by Gasteiger charge is -2.02. The molecule has 3 nitrogen and oxygen atoms in total. The van der Waals surface area contributed by atoms with E-state index in [1.807, 2.05) is 0 Å². The number of rotatable bonds is 1. The van der Waals surface area contributed by atoms with Crippen LogP contribution in [0.3, 0.4) is 0 Å². The van der Waals surface area contributed by atoms with Crippen LogP contribution in [0.5, 0.6) is 11.5 Å². The maximum Gasteiger partial charge on any atom is 0.183 e. The van der Waals surface area contributed by atoms with E-state index in [1.54, 1.807) is 12.1 Å². The van der Waals surface area contributed by atoms with Crippen LogP contribution in [0.2, 0.25) is 0 Å². The summed E-state index contributed by atoms with van der Waals surface area (Å²) in [5.41, 5.74) is 7.22. The Kier molecular flexibility index (Phi) is 1.67. The van der Waals surface area contributed by atoms with Gasteiger partial charge in [-0.1, -0.05) is 6.07 Å². The summed E-state index contributed by atoms with van der Waals surface area (Å²) in [4.78, 5) is 0. The molecule has 1 aromatic rings. The number of phenols is 1. The molecule has 0 aromatic heterocycles. The first-order valence-electron chi connectivity index (χ1n) is 2.83. The standard InChI is InChI=1S/C7H8NO2/c1-10-6-4-2-3-5(8)7(6)9/h2-4,8-9H,1H3. The number of ether oxygens (including phenoxy) is 1. The Morgan fingerprint density at radius 2 is 2.20 bits per heavy atom. The van der Waals surface area contributed by atoms with E-state index in [2.05, 4.69) is 0 Å². The zero-order chi connectivity index (χ0) is 7.56. The van der Waals surface area contributed by atoms with Gasteiger partial charge in [-0.25, -0.2) is 0 Å². The third-order valence-electron chi connectivity index (χ3n) is 1.22. The summed E-state index contributed by atoms with van der Waals surface area (Å²) in [5.74, 6) is 0.234. The molecule has 1 rings (SSSR count). The Morgan fingerprint density at radius 1 is 1.50 bits per heavy atom. The molecule has 0 heterocycles. The molecule has 0 saturated heterocycles. The first kappa shape index (κ1) is 6.74. The highest BCUT2D eigenvalue weighted by Gasteiger charge is 2.02. The van der Waals surface area contributed by atoms with E-state index in [9.17, 15) is 0 Å². The van der Waals surface area contributed by atoms with Crippen LogP contribution < -0.4 is 10.5 Å². The predicted octanol–water partition coefficient (Wildman–Crippen LogP) is 1.32. The third kappa shape index (κ3) is 0.978. The van der Waals surface area contributed by atoms with Crippen molar-refractivity contribution >= 4 is 5.69 Å². The highest BCUT2D eigenvalue weighted by atomic mass is 16.5. The molecule has 0 unspecified atom stereocenters. The number of nitrogens with one attached hydrogen (secondary N) is 1. The molecule has 0 amide bonds. The van der Waals surface area contributed by atoms with Gasteiger partial charge >= 0.3 is 0 Å². The topological polar surface area (TPSA) is 53.3 Å². The number of hydrogen-bond acceptors (Lipinski definition) is 2. The van der Waals surface area contributed by atoms with E-state index in [0.29, 0.717) is 5.75 Å². The van der Waals surface area contributed by atoms with E-state index in [4.69, 9.17) is 15.6 Å². The minimum atomic E-state index is -0.106. The fraction of sp³-hybridized carbons (Fsp3) is 0.143. The molecular weight excluding hydrogens is 130 g/mol. The second kappa shape index (κ2) is 2.47. The van der Waals surface area contributed by atoms with Gasteiger partial charge in [0, 0.05) is 0 Å². The van der Waals surface area contributed by atoms with Crippen LogP contribution in [0.4, 0.5) is 5.69 Å². The van der Waals surface area contributed by atoms with Crippen molar-refractivity contribution in [2.24, 2.45) is 0 Å². The highest BCUT2D eigenvalue weighted by molar-refractivity contribution is 5.56. The zero-order valence-corrected chi connectivity index (χ0v) is 5.59. The van der Waals surface area contributed by atoms with Crippen molar-refractivity contribution in [1.82, 2.24) is 5.73 Å². The Bertz CT molecular complexity index is 235. The smallest absolute Gasteiger partial charge is 0.183 e. The monoisotopic (exact) mass is 138 g/mol. The molecule has 53 valence electrons. The first-order chi connectivity index (χ1) is 4.75. The maximum atomic E-state index is 9.09. The average molecular weight is 138 g/mol. The fourth-order valence-electron chi connectivity index (χ4n) is 0.687. The van der Waals surface area contributed by atoms with E-state index < -0.39 is 0 Å². The molecule has 2 N–H and O–H groups in total. The van der Waals surface area contributed by atoms with Crippen LogP contribution in [0, 0.1) is 0 Å². The lowest BCUT2D eigenvalue weighted by Crippen LogP contribution is -1.83. The Labute approximate surface area is 59.0 Å². The summed E-state index contributed by atoms with van der Waals surface area (Å²) in [6, 6.07) is 4.76. The highest BCUT2D eigenvalue weighted by Crippen LogP contribution is 2.31. The summed E-state index contributed by atoms with van der Waals surface area (Å²) < 4.78 is 4.76. The molecule has 0 aliphatic carbocycles. The number of benzene rings is 1. The molecule has 0 aliphatic rings. The minimum absolute atomic E-state index is 0.0827. The maximum absolute atomic E-state index is 9.09. The van der Waals surface area contributed by atoms with E-state index in [-0.39, 0.29) is 11.4 Å². The molecule has 0 spiro atoms. The largest absolute Gasteiger partial charge is 0.503 e. The van der Waals surface area contributed by atoms with Gasteiger partial charge in [-0.2, -0.15) is 0 Å². The number of phenolic OH excluding ortho intramolecular Hbond substituents is 1. The molecule has 0 fully saturated rings. The van der Waals surface area contributed by atoms with Gasteiger partial charge in [0.15, 0.2) is 11.5 Å². The van der Waals surface area contributed by atoms with Gasteiger partial charge in [0.05, 0.1) is 12.8 Å². The van der Waals surface area contributed by atoms with Crippen LogP contribution in [-0.2, 0) is 0 Å². The quantitative estimate of drug-likeness (QED) is 0.595. The Hall–Kier alpha value is -1.38. The van der Waals surface area contributed by atoms with Gasteiger partial charge in [0.25, 0.3) is 0 Å². The summed E-state index contributed by atoms with van der Waals surface area (Å²) in [6.45, 7) is 0. The summed E-state index contributed by atoms with van der Waals surface area (Å²) >= 11 is 0. The van der Waals surface area contributed by atoms with Gasteiger partial charge in [-0.15, -0.1) is 0 Å². The van der Waals surface area contributed by atoms with E-state index >= 15 is 0 Å². The number of aromatic hydroxyl groups is 1. The van der Waals surface area contributed by atoms with Crippen molar-refractivity contribution in [2.75, 3.05) is 7.11 Å². The van der Waals surface area contributed by atoms with Gasteiger partial charge in [-0.3, -0.25) is 5.73 Å². The Balaban J connectivity index is 3.14. The van der Waals surface area contributed by atoms with Crippen molar-refractivity contribution < 1.29 is 9.84 Å². The number of methoxy groups -OCH3 is 1. The van der Waals surface area contributed by atoms with Gasteiger partial charge < -0.3 is 9.84 Å². The van der Waals surface area contributed by atoms with Crippen molar-refractivity contribution in [3.05, 3.63) is 18.2 Å². The van der Waals surface area contributed by atoms with E-state index in [1.165, 1.54) is 13.2 Å². The lowest BCUT2D eigenvalue weighted by atomic mass is 10.3. The van der Waals surface area contributed by atoms with E-state index in [0.717, 1.165) is 0 Å². The predicted molar refractivity (Wildman–Crippen MR) is 37.4 cm³/mol. The van der Waals surface area contributed by atoms with Crippen LogP contribution in [0.25, 0.3) is 0 Å². The summed E-state index contributed by atoms with van der Waals surface area (Å²) in [6.07, 6.45) is 0. The SMILES string of the molecule is COc1cccc([NH])c1O. The normalized spacial score (nSPS) is 9.30. The van der Waals surface area contributed by atoms with Crippen molar-refractivity contribution in [2.45, 2.75) is 0 Å². The first-order valence-corrected chi connectivity index (χ1v) is 2.83. The number of para-hydroxylation sites is 1. The molecule has 10 heavy (non-hydrogen) atoms. The minimum Gasteiger partial charge on any atom is -0.503 e. The molecular formula is C7H8NO2. The van der Waals surface area contributed by atoms with Crippen LogP contribution in [0.15, 0.2) is 18.2 Å². The molecule has 0 atom stereocenters. The molecule has 0 saturated carbocycles. The van der Waals surface area contributed by atoms with Gasteiger partial charge in [0.2, 0.25) is 0 Å². The summed E-state index contributed by atoms with van der Waals surface area (Å²) in [5, 5.41) is 9.09. The lowest BCUT2D eigenvalue weighted by molar-refractivity contribution is 0.374. The Morgan fingerprint density at radius 3 is 2.70 bits per heavy atom. The van der Waals surface area contributed by atoms with Crippen LogP contribution in [0.1, 0.15) is 0 Å².